The highest BCUT2D eigenvalue weighted by atomic mass is 16.4. The lowest BCUT2D eigenvalue weighted by molar-refractivity contribution is -0.144. The number of amides is 1. The number of aliphatic carboxylic acids is 1. The van der Waals surface area contributed by atoms with E-state index in [2.05, 4.69) is 0 Å². The average molecular weight is 309 g/mol. The fraction of sp³-hybridized carbons (Fsp3) is 0.263. The van der Waals surface area contributed by atoms with Crippen LogP contribution in [0, 0.1) is 0 Å². The third kappa shape index (κ3) is 3.97. The van der Waals surface area contributed by atoms with Gasteiger partial charge in [0.15, 0.2) is 0 Å². The van der Waals surface area contributed by atoms with Crippen molar-refractivity contribution in [1.29, 1.82) is 0 Å². The van der Waals surface area contributed by atoms with Crippen LogP contribution in [-0.4, -0.2) is 34.5 Å². The number of rotatable bonds is 6. The van der Waals surface area contributed by atoms with Crippen LogP contribution in [0.1, 0.15) is 18.4 Å². The Morgan fingerprint density at radius 2 is 1.57 bits per heavy atom. The average Bonchev–Trinajstić information content (AvgIpc) is 3.39. The molecule has 3 rings (SSSR count). The number of carboxylic acid groups (broad SMARTS) is 1. The summed E-state index contributed by atoms with van der Waals surface area (Å²) in [6, 6.07) is 18.0. The van der Waals surface area contributed by atoms with Crippen LogP contribution in [0.25, 0.3) is 11.1 Å². The molecule has 0 aromatic heterocycles. The van der Waals surface area contributed by atoms with Crippen molar-refractivity contribution in [3.8, 4) is 11.1 Å². The summed E-state index contributed by atoms with van der Waals surface area (Å²) in [5.74, 6) is -1.06. The first-order valence-electron chi connectivity index (χ1n) is 7.79. The first kappa shape index (κ1) is 15.3. The van der Waals surface area contributed by atoms with E-state index in [-0.39, 0.29) is 24.9 Å². The number of carbonyl (C=O) groups is 2. The molecule has 4 nitrogen and oxygen atoms in total. The molecule has 0 heterocycles. The van der Waals surface area contributed by atoms with Gasteiger partial charge in [-0.15, -0.1) is 0 Å². The minimum absolute atomic E-state index is 0.109. The smallest absolute Gasteiger partial charge is 0.323 e. The number of hydrogen-bond donors (Lipinski definition) is 1. The molecule has 1 N–H and O–H groups in total. The van der Waals surface area contributed by atoms with Crippen LogP contribution >= 0.6 is 0 Å². The van der Waals surface area contributed by atoms with Crippen molar-refractivity contribution < 1.29 is 14.7 Å². The highest BCUT2D eigenvalue weighted by Crippen LogP contribution is 2.27. The molecule has 2 aromatic rings. The Balaban J connectivity index is 1.68. The molecular formula is C19H19NO3. The third-order valence-electron chi connectivity index (χ3n) is 4.03. The quantitative estimate of drug-likeness (QED) is 0.892. The Kier molecular flexibility index (Phi) is 4.42. The predicted molar refractivity (Wildman–Crippen MR) is 88.0 cm³/mol. The molecule has 4 heteroatoms. The minimum atomic E-state index is -0.954. The van der Waals surface area contributed by atoms with Gasteiger partial charge < -0.3 is 10.0 Å². The van der Waals surface area contributed by atoms with Gasteiger partial charge in [0.25, 0.3) is 0 Å². The lowest BCUT2D eigenvalue weighted by Gasteiger charge is -2.20. The first-order valence-corrected chi connectivity index (χ1v) is 7.79. The minimum Gasteiger partial charge on any atom is -0.480 e. The molecular weight excluding hydrogens is 290 g/mol. The van der Waals surface area contributed by atoms with Crippen LogP contribution < -0.4 is 0 Å². The van der Waals surface area contributed by atoms with Crippen molar-refractivity contribution in [3.05, 3.63) is 60.2 Å². The van der Waals surface area contributed by atoms with E-state index in [1.165, 1.54) is 4.90 Å². The molecule has 118 valence electrons. The second-order valence-electron chi connectivity index (χ2n) is 5.89. The molecule has 0 atom stereocenters. The second-order valence-corrected chi connectivity index (χ2v) is 5.89. The summed E-state index contributed by atoms with van der Waals surface area (Å²) in [6.45, 7) is -0.203. The molecule has 0 unspecified atom stereocenters. The normalized spacial score (nSPS) is 13.6. The van der Waals surface area contributed by atoms with Crippen molar-refractivity contribution >= 4 is 11.9 Å². The summed E-state index contributed by atoms with van der Waals surface area (Å²) in [4.78, 5) is 24.7. The Labute approximate surface area is 135 Å². The van der Waals surface area contributed by atoms with Gasteiger partial charge in [-0.2, -0.15) is 0 Å². The number of hydrogen-bond acceptors (Lipinski definition) is 2. The maximum absolute atomic E-state index is 12.3. The molecule has 0 saturated heterocycles. The summed E-state index contributed by atoms with van der Waals surface area (Å²) in [5, 5.41) is 8.94. The van der Waals surface area contributed by atoms with E-state index in [1.54, 1.807) is 0 Å². The number of benzene rings is 2. The van der Waals surface area contributed by atoms with Gasteiger partial charge in [0, 0.05) is 6.04 Å². The molecule has 1 amide bonds. The van der Waals surface area contributed by atoms with E-state index in [9.17, 15) is 9.59 Å². The van der Waals surface area contributed by atoms with E-state index in [1.807, 2.05) is 54.6 Å². The van der Waals surface area contributed by atoms with Crippen molar-refractivity contribution in [2.75, 3.05) is 6.54 Å². The van der Waals surface area contributed by atoms with Crippen molar-refractivity contribution in [3.63, 3.8) is 0 Å². The van der Waals surface area contributed by atoms with Gasteiger partial charge in [-0.25, -0.2) is 0 Å². The monoisotopic (exact) mass is 309 g/mol. The van der Waals surface area contributed by atoms with Gasteiger partial charge in [0.05, 0.1) is 6.42 Å². The van der Waals surface area contributed by atoms with Crippen molar-refractivity contribution in [1.82, 2.24) is 4.90 Å². The standard InChI is InChI=1S/C19H19NO3/c21-18(20(13-19(22)23)17-10-11-17)12-14-6-8-16(9-7-14)15-4-2-1-3-5-15/h1-9,17H,10-13H2,(H,22,23). The van der Waals surface area contributed by atoms with Crippen molar-refractivity contribution in [2.24, 2.45) is 0 Å². The molecule has 1 saturated carbocycles. The Hall–Kier alpha value is -2.62. The van der Waals surface area contributed by atoms with Gasteiger partial charge in [-0.3, -0.25) is 9.59 Å². The maximum atomic E-state index is 12.3. The Morgan fingerprint density at radius 3 is 2.13 bits per heavy atom. The highest BCUT2D eigenvalue weighted by molar-refractivity contribution is 5.83. The Morgan fingerprint density at radius 1 is 0.957 bits per heavy atom. The molecule has 1 fully saturated rings. The second kappa shape index (κ2) is 6.65. The molecule has 1 aliphatic carbocycles. The van der Waals surface area contributed by atoms with Crippen LogP contribution in [0.2, 0.25) is 0 Å². The van der Waals surface area contributed by atoms with Crippen LogP contribution in [0.15, 0.2) is 54.6 Å². The number of nitrogens with zero attached hydrogens (tertiary/aromatic N) is 1. The molecule has 0 spiro atoms. The summed E-state index contributed by atoms with van der Waals surface area (Å²) in [6.07, 6.45) is 2.07. The predicted octanol–water partition coefficient (Wildman–Crippen LogP) is 2.97. The van der Waals surface area contributed by atoms with Crippen LogP contribution in [-0.2, 0) is 16.0 Å². The van der Waals surface area contributed by atoms with Gasteiger partial charge in [0.1, 0.15) is 6.54 Å². The molecule has 1 aliphatic rings. The lowest BCUT2D eigenvalue weighted by atomic mass is 10.0. The van der Waals surface area contributed by atoms with Crippen LogP contribution in [0.5, 0.6) is 0 Å². The fourth-order valence-corrected chi connectivity index (χ4v) is 2.67. The van der Waals surface area contributed by atoms with Crippen LogP contribution in [0.3, 0.4) is 0 Å². The van der Waals surface area contributed by atoms with E-state index in [4.69, 9.17) is 5.11 Å². The zero-order chi connectivity index (χ0) is 16.2. The van der Waals surface area contributed by atoms with E-state index < -0.39 is 5.97 Å². The summed E-state index contributed by atoms with van der Waals surface area (Å²) < 4.78 is 0. The Bertz CT molecular complexity index is 690. The van der Waals surface area contributed by atoms with Crippen molar-refractivity contribution in [2.45, 2.75) is 25.3 Å². The summed E-state index contributed by atoms with van der Waals surface area (Å²) in [5.41, 5.74) is 3.15. The summed E-state index contributed by atoms with van der Waals surface area (Å²) >= 11 is 0. The van der Waals surface area contributed by atoms with Gasteiger partial charge in [0.2, 0.25) is 5.91 Å². The van der Waals surface area contributed by atoms with E-state index in [0.29, 0.717) is 0 Å². The molecule has 0 radical (unpaired) electrons. The zero-order valence-electron chi connectivity index (χ0n) is 12.8. The van der Waals surface area contributed by atoms with Crippen LogP contribution in [0.4, 0.5) is 0 Å². The topological polar surface area (TPSA) is 57.6 Å². The molecule has 0 aliphatic heterocycles. The van der Waals surface area contributed by atoms with E-state index in [0.717, 1.165) is 29.5 Å². The summed E-state index contributed by atoms with van der Waals surface area (Å²) in [7, 11) is 0. The van der Waals surface area contributed by atoms with Gasteiger partial charge >= 0.3 is 5.97 Å². The third-order valence-corrected chi connectivity index (χ3v) is 4.03. The highest BCUT2D eigenvalue weighted by Gasteiger charge is 2.33. The zero-order valence-corrected chi connectivity index (χ0v) is 12.8. The molecule has 0 bridgehead atoms. The SMILES string of the molecule is O=C(O)CN(C(=O)Cc1ccc(-c2ccccc2)cc1)C1CC1. The van der Waals surface area contributed by atoms with Gasteiger partial charge in [-0.05, 0) is 29.5 Å². The first-order chi connectivity index (χ1) is 11.1. The number of carbonyl (C=O) groups excluding carboxylic acids is 1. The largest absolute Gasteiger partial charge is 0.480 e. The number of carboxylic acids is 1. The molecule has 23 heavy (non-hydrogen) atoms. The fourth-order valence-electron chi connectivity index (χ4n) is 2.67. The van der Waals surface area contributed by atoms with E-state index >= 15 is 0 Å². The maximum Gasteiger partial charge on any atom is 0.323 e. The lowest BCUT2D eigenvalue weighted by Crippen LogP contribution is -2.38. The molecule has 2 aromatic carbocycles. The van der Waals surface area contributed by atoms with Gasteiger partial charge in [-0.1, -0.05) is 54.6 Å².